The number of aryl methyl sites for hydroxylation is 1. The number of hydrogen-bond donors (Lipinski definition) is 1. The Morgan fingerprint density at radius 2 is 1.87 bits per heavy atom. The number of aromatic nitrogens is 1. The predicted molar refractivity (Wildman–Crippen MR) is 118 cm³/mol. The smallest absolute Gasteiger partial charge is 0.388 e. The van der Waals surface area contributed by atoms with Crippen molar-refractivity contribution in [1.82, 2.24) is 4.98 Å². The lowest BCUT2D eigenvalue weighted by Crippen LogP contribution is -2.52. The highest BCUT2D eigenvalue weighted by molar-refractivity contribution is 8.14. The topological polar surface area (TPSA) is 68.3 Å². The molecule has 3 rings (SSSR count). The number of alkyl halides is 2. The van der Waals surface area contributed by atoms with Crippen LogP contribution >= 0.6 is 11.8 Å². The second-order valence-corrected chi connectivity index (χ2v) is 9.58. The van der Waals surface area contributed by atoms with E-state index in [2.05, 4.69) is 28.9 Å². The van der Waals surface area contributed by atoms with Crippen LogP contribution in [0.1, 0.15) is 56.4 Å². The molecule has 1 aliphatic carbocycles. The summed E-state index contributed by atoms with van der Waals surface area (Å²) >= 11 is 1.23. The van der Waals surface area contributed by atoms with E-state index in [1.165, 1.54) is 24.8 Å². The molecular weight excluding hydrogens is 422 g/mol. The molecule has 1 heterocycles. The van der Waals surface area contributed by atoms with Crippen molar-refractivity contribution in [2.24, 2.45) is 0 Å². The molecule has 166 valence electrons. The van der Waals surface area contributed by atoms with Gasteiger partial charge in [0.2, 0.25) is 11.8 Å². The number of carbonyl (C=O) groups excluding carboxylic acids is 2. The molecule has 0 atom stereocenters. The van der Waals surface area contributed by atoms with Crippen LogP contribution in [-0.2, 0) is 15.0 Å². The minimum atomic E-state index is -3.05. The molecule has 31 heavy (non-hydrogen) atoms. The van der Waals surface area contributed by atoms with Gasteiger partial charge in [0.1, 0.15) is 5.69 Å². The third-order valence-corrected chi connectivity index (χ3v) is 6.46. The quantitative estimate of drug-likeness (QED) is 0.611. The molecule has 1 fully saturated rings. The first-order valence-corrected chi connectivity index (χ1v) is 11.0. The Hall–Kier alpha value is -2.48. The fraction of sp³-hybridized carbons (Fsp3) is 0.435. The summed E-state index contributed by atoms with van der Waals surface area (Å²) in [5.74, 6) is -0.436. The van der Waals surface area contributed by atoms with Crippen molar-refractivity contribution in [3.8, 4) is 5.88 Å². The summed E-state index contributed by atoms with van der Waals surface area (Å²) in [4.78, 5) is 29.1. The van der Waals surface area contributed by atoms with E-state index in [0.29, 0.717) is 18.5 Å². The minimum absolute atomic E-state index is 0.00603. The van der Waals surface area contributed by atoms with E-state index in [1.807, 2.05) is 24.3 Å². The molecule has 2 aromatic rings. The molecule has 1 aromatic carbocycles. The molecule has 0 spiro atoms. The van der Waals surface area contributed by atoms with Crippen LogP contribution in [0.4, 0.5) is 14.5 Å². The lowest BCUT2D eigenvalue weighted by molar-refractivity contribution is -0.124. The maximum atomic E-state index is 13.6. The number of amides is 1. The van der Waals surface area contributed by atoms with Gasteiger partial charge in [-0.15, -0.1) is 0 Å². The fourth-order valence-corrected chi connectivity index (χ4v) is 5.25. The molecule has 5 nitrogen and oxygen atoms in total. The Morgan fingerprint density at radius 3 is 2.48 bits per heavy atom. The standard InChI is InChI=1S/C23H26F2N2O3S/c1-13(2)17-7-5-6-8-18(17)23(11-16(12-23)31-15(4)28)21(29)27-19-10-9-14(3)26-20(19)30-22(24)25/h5-10,13,16,22H,11-12H2,1-4H3,(H,27,29). The van der Waals surface area contributed by atoms with E-state index in [1.54, 1.807) is 13.0 Å². The number of benzene rings is 1. The van der Waals surface area contributed by atoms with E-state index < -0.39 is 12.0 Å². The molecule has 0 bridgehead atoms. The van der Waals surface area contributed by atoms with Crippen molar-refractivity contribution in [1.29, 1.82) is 0 Å². The summed E-state index contributed by atoms with van der Waals surface area (Å²) in [7, 11) is 0. The molecule has 1 N–H and O–H groups in total. The number of rotatable bonds is 7. The summed E-state index contributed by atoms with van der Waals surface area (Å²) in [5.41, 5.74) is 1.69. The van der Waals surface area contributed by atoms with Crippen molar-refractivity contribution < 1.29 is 23.1 Å². The van der Waals surface area contributed by atoms with Crippen molar-refractivity contribution in [3.63, 3.8) is 0 Å². The Morgan fingerprint density at radius 1 is 1.19 bits per heavy atom. The molecule has 1 aromatic heterocycles. The Kier molecular flexibility index (Phi) is 6.99. The van der Waals surface area contributed by atoms with E-state index in [-0.39, 0.29) is 33.8 Å². The molecule has 0 radical (unpaired) electrons. The van der Waals surface area contributed by atoms with Gasteiger partial charge in [0, 0.05) is 17.9 Å². The number of pyridine rings is 1. The van der Waals surface area contributed by atoms with Gasteiger partial charge in [-0.2, -0.15) is 8.78 Å². The van der Waals surface area contributed by atoms with Crippen molar-refractivity contribution >= 4 is 28.5 Å². The molecular formula is C23H26F2N2O3S. The first-order valence-electron chi connectivity index (χ1n) is 10.1. The SMILES string of the molecule is CC(=O)SC1CC(C(=O)Nc2ccc(C)nc2OC(F)F)(c2ccccc2C(C)C)C1. The minimum Gasteiger partial charge on any atom is -0.415 e. The zero-order valence-electron chi connectivity index (χ0n) is 17.9. The van der Waals surface area contributed by atoms with Gasteiger partial charge < -0.3 is 10.1 Å². The second kappa shape index (κ2) is 9.34. The van der Waals surface area contributed by atoms with E-state index in [9.17, 15) is 18.4 Å². The number of hydrogen-bond acceptors (Lipinski definition) is 5. The molecule has 0 aliphatic heterocycles. The van der Waals surface area contributed by atoms with Gasteiger partial charge in [-0.05, 0) is 48.9 Å². The zero-order chi connectivity index (χ0) is 22.8. The highest BCUT2D eigenvalue weighted by atomic mass is 32.2. The number of carbonyl (C=O) groups is 2. The van der Waals surface area contributed by atoms with Crippen molar-refractivity contribution in [3.05, 3.63) is 53.2 Å². The Bertz CT molecular complexity index is 975. The number of ether oxygens (including phenoxy) is 1. The average Bonchev–Trinajstić information content (AvgIpc) is 2.65. The molecule has 1 amide bonds. The molecule has 0 unspecified atom stereocenters. The van der Waals surface area contributed by atoms with Crippen LogP contribution in [0, 0.1) is 6.92 Å². The van der Waals surface area contributed by atoms with Crippen molar-refractivity contribution in [2.75, 3.05) is 5.32 Å². The number of halogens is 2. The first kappa shape index (κ1) is 23.2. The average molecular weight is 449 g/mol. The third kappa shape index (κ3) is 5.06. The van der Waals surface area contributed by atoms with Crippen LogP contribution in [0.3, 0.4) is 0 Å². The number of thioether (sulfide) groups is 1. The maximum Gasteiger partial charge on any atom is 0.388 e. The Balaban J connectivity index is 1.97. The van der Waals surface area contributed by atoms with Crippen LogP contribution in [0.15, 0.2) is 36.4 Å². The van der Waals surface area contributed by atoms with Gasteiger partial charge in [-0.25, -0.2) is 4.98 Å². The summed E-state index contributed by atoms with van der Waals surface area (Å²) < 4.78 is 30.2. The molecule has 8 heteroatoms. The van der Waals surface area contributed by atoms with Gasteiger partial charge in [-0.1, -0.05) is 49.9 Å². The highest BCUT2D eigenvalue weighted by Crippen LogP contribution is 2.51. The number of nitrogens with one attached hydrogen (secondary N) is 1. The summed E-state index contributed by atoms with van der Waals surface area (Å²) in [6.07, 6.45) is 0.967. The third-order valence-electron chi connectivity index (χ3n) is 5.47. The summed E-state index contributed by atoms with van der Waals surface area (Å²) in [5, 5.41) is 2.80. The van der Waals surface area contributed by atoms with Gasteiger partial charge in [0.05, 0.1) is 5.41 Å². The Labute approximate surface area is 185 Å². The van der Waals surface area contributed by atoms with E-state index >= 15 is 0 Å². The van der Waals surface area contributed by atoms with Gasteiger partial charge in [0.25, 0.3) is 0 Å². The molecule has 1 aliphatic rings. The van der Waals surface area contributed by atoms with Crippen LogP contribution in [0.2, 0.25) is 0 Å². The number of anilines is 1. The molecule has 0 saturated heterocycles. The lowest BCUT2D eigenvalue weighted by Gasteiger charge is -2.47. The van der Waals surface area contributed by atoms with Crippen LogP contribution in [-0.4, -0.2) is 27.9 Å². The molecule has 1 saturated carbocycles. The zero-order valence-corrected chi connectivity index (χ0v) is 18.8. The summed E-state index contributed by atoms with van der Waals surface area (Å²) in [6, 6.07) is 10.9. The second-order valence-electron chi connectivity index (χ2n) is 8.10. The normalized spacial score (nSPS) is 20.5. The van der Waals surface area contributed by atoms with Gasteiger partial charge in [0.15, 0.2) is 5.12 Å². The largest absolute Gasteiger partial charge is 0.415 e. The van der Waals surface area contributed by atoms with Gasteiger partial charge >= 0.3 is 6.61 Å². The van der Waals surface area contributed by atoms with Crippen LogP contribution < -0.4 is 10.1 Å². The number of nitrogens with zero attached hydrogens (tertiary/aromatic N) is 1. The fourth-order valence-electron chi connectivity index (χ4n) is 4.04. The predicted octanol–water partition coefficient (Wildman–Crippen LogP) is 5.43. The maximum absolute atomic E-state index is 13.6. The monoisotopic (exact) mass is 448 g/mol. The van der Waals surface area contributed by atoms with E-state index in [4.69, 9.17) is 0 Å². The van der Waals surface area contributed by atoms with Crippen LogP contribution in [0.25, 0.3) is 0 Å². The lowest BCUT2D eigenvalue weighted by atomic mass is 9.61. The van der Waals surface area contributed by atoms with Crippen molar-refractivity contribution in [2.45, 2.75) is 63.7 Å². The van der Waals surface area contributed by atoms with E-state index in [0.717, 1.165) is 11.1 Å². The first-order chi connectivity index (χ1) is 14.6. The highest BCUT2D eigenvalue weighted by Gasteiger charge is 2.53. The van der Waals surface area contributed by atoms with Crippen LogP contribution in [0.5, 0.6) is 5.88 Å². The summed E-state index contributed by atoms with van der Waals surface area (Å²) in [6.45, 7) is 4.23. The van der Waals surface area contributed by atoms with Gasteiger partial charge in [-0.3, -0.25) is 9.59 Å².